The summed E-state index contributed by atoms with van der Waals surface area (Å²) in [7, 11) is 0. The third kappa shape index (κ3) is 3.11. The van der Waals surface area contributed by atoms with Crippen molar-refractivity contribution < 1.29 is 9.18 Å². The van der Waals surface area contributed by atoms with Crippen LogP contribution in [0.4, 0.5) is 10.1 Å². The van der Waals surface area contributed by atoms with Gasteiger partial charge in [0, 0.05) is 24.7 Å². The van der Waals surface area contributed by atoms with E-state index in [0.717, 1.165) is 16.9 Å². The SMILES string of the molecule is Cc1ccc(NC(=O)CCc2nc3ccncc3[nH]2)cc1F. The Bertz CT molecular complexity index is 795. The van der Waals surface area contributed by atoms with Crippen molar-refractivity contribution in [1.82, 2.24) is 15.0 Å². The highest BCUT2D eigenvalue weighted by Gasteiger charge is 2.08. The van der Waals surface area contributed by atoms with Gasteiger partial charge in [-0.05, 0) is 30.7 Å². The van der Waals surface area contributed by atoms with E-state index >= 15 is 0 Å². The Labute approximate surface area is 126 Å². The first kappa shape index (κ1) is 14.2. The second-order valence-corrected chi connectivity index (χ2v) is 5.09. The molecule has 0 unspecified atom stereocenters. The van der Waals surface area contributed by atoms with Crippen molar-refractivity contribution in [1.29, 1.82) is 0 Å². The van der Waals surface area contributed by atoms with Crippen molar-refractivity contribution in [2.75, 3.05) is 5.32 Å². The lowest BCUT2D eigenvalue weighted by Crippen LogP contribution is -2.13. The third-order valence-electron chi connectivity index (χ3n) is 3.38. The highest BCUT2D eigenvalue weighted by molar-refractivity contribution is 5.90. The number of carbonyl (C=O) groups is 1. The zero-order valence-corrected chi connectivity index (χ0v) is 12.1. The van der Waals surface area contributed by atoms with Gasteiger partial charge in [-0.3, -0.25) is 9.78 Å². The number of hydrogen-bond acceptors (Lipinski definition) is 3. The van der Waals surface area contributed by atoms with Crippen LogP contribution in [-0.2, 0) is 11.2 Å². The summed E-state index contributed by atoms with van der Waals surface area (Å²) in [6, 6.07) is 6.45. The van der Waals surface area contributed by atoms with Gasteiger partial charge in [0.1, 0.15) is 11.6 Å². The molecule has 0 aliphatic rings. The molecule has 0 aliphatic heterocycles. The molecule has 0 radical (unpaired) electrons. The maximum Gasteiger partial charge on any atom is 0.224 e. The molecule has 1 aromatic carbocycles. The number of benzene rings is 1. The van der Waals surface area contributed by atoms with Crippen LogP contribution in [0.2, 0.25) is 0 Å². The largest absolute Gasteiger partial charge is 0.341 e. The quantitative estimate of drug-likeness (QED) is 0.778. The maximum atomic E-state index is 13.4. The molecule has 2 aromatic heterocycles. The van der Waals surface area contributed by atoms with Gasteiger partial charge in [0.2, 0.25) is 5.91 Å². The van der Waals surface area contributed by atoms with E-state index in [1.807, 2.05) is 6.07 Å². The minimum atomic E-state index is -0.331. The van der Waals surface area contributed by atoms with Crippen molar-refractivity contribution in [2.45, 2.75) is 19.8 Å². The van der Waals surface area contributed by atoms with Gasteiger partial charge in [0.15, 0.2) is 0 Å². The summed E-state index contributed by atoms with van der Waals surface area (Å²) >= 11 is 0. The van der Waals surface area contributed by atoms with Crippen LogP contribution >= 0.6 is 0 Å². The number of imidazole rings is 1. The molecule has 2 heterocycles. The third-order valence-corrected chi connectivity index (χ3v) is 3.38. The molecule has 0 aliphatic carbocycles. The molecule has 0 fully saturated rings. The number of rotatable bonds is 4. The van der Waals surface area contributed by atoms with E-state index in [0.29, 0.717) is 17.7 Å². The molecule has 0 bridgehead atoms. The van der Waals surface area contributed by atoms with Crippen molar-refractivity contribution in [2.24, 2.45) is 0 Å². The Kier molecular flexibility index (Phi) is 3.82. The molecule has 0 spiro atoms. The Morgan fingerprint density at radius 2 is 2.23 bits per heavy atom. The highest BCUT2D eigenvalue weighted by Crippen LogP contribution is 2.14. The minimum Gasteiger partial charge on any atom is -0.341 e. The summed E-state index contributed by atoms with van der Waals surface area (Å²) in [6.07, 6.45) is 4.12. The smallest absolute Gasteiger partial charge is 0.224 e. The van der Waals surface area contributed by atoms with E-state index in [9.17, 15) is 9.18 Å². The zero-order valence-electron chi connectivity index (χ0n) is 12.1. The van der Waals surface area contributed by atoms with E-state index in [1.54, 1.807) is 31.5 Å². The summed E-state index contributed by atoms with van der Waals surface area (Å²) in [6.45, 7) is 1.68. The molecule has 2 N–H and O–H groups in total. The molecule has 3 rings (SSSR count). The minimum absolute atomic E-state index is 0.179. The van der Waals surface area contributed by atoms with Crippen LogP contribution in [0.3, 0.4) is 0 Å². The topological polar surface area (TPSA) is 70.7 Å². The van der Waals surface area contributed by atoms with Crippen molar-refractivity contribution in [3.63, 3.8) is 0 Å². The first-order chi connectivity index (χ1) is 10.6. The first-order valence-corrected chi connectivity index (χ1v) is 6.96. The van der Waals surface area contributed by atoms with Gasteiger partial charge in [-0.25, -0.2) is 9.37 Å². The molecule has 5 nitrogen and oxygen atoms in total. The lowest BCUT2D eigenvalue weighted by molar-refractivity contribution is -0.116. The molecule has 0 saturated heterocycles. The Morgan fingerprint density at radius 3 is 3.00 bits per heavy atom. The number of aryl methyl sites for hydroxylation is 2. The summed E-state index contributed by atoms with van der Waals surface area (Å²) in [5.41, 5.74) is 2.68. The fourth-order valence-electron chi connectivity index (χ4n) is 2.15. The van der Waals surface area contributed by atoms with E-state index in [2.05, 4.69) is 20.3 Å². The van der Waals surface area contributed by atoms with Crippen LogP contribution in [0.15, 0.2) is 36.7 Å². The number of anilines is 1. The molecule has 3 aromatic rings. The average Bonchev–Trinajstić information content (AvgIpc) is 2.92. The van der Waals surface area contributed by atoms with Crippen LogP contribution in [0.1, 0.15) is 17.8 Å². The van der Waals surface area contributed by atoms with Gasteiger partial charge in [-0.2, -0.15) is 0 Å². The molecular formula is C16H15FN4O. The summed E-state index contributed by atoms with van der Waals surface area (Å²) in [5, 5.41) is 2.68. The number of nitrogens with one attached hydrogen (secondary N) is 2. The number of pyridine rings is 1. The van der Waals surface area contributed by atoms with Crippen LogP contribution in [0.5, 0.6) is 0 Å². The fraction of sp³-hybridized carbons (Fsp3) is 0.188. The van der Waals surface area contributed by atoms with Gasteiger partial charge in [-0.1, -0.05) is 6.07 Å². The van der Waals surface area contributed by atoms with E-state index in [4.69, 9.17) is 0 Å². The highest BCUT2D eigenvalue weighted by atomic mass is 19.1. The maximum absolute atomic E-state index is 13.4. The Hall–Kier alpha value is -2.76. The first-order valence-electron chi connectivity index (χ1n) is 6.96. The van der Waals surface area contributed by atoms with E-state index in [-0.39, 0.29) is 18.1 Å². The van der Waals surface area contributed by atoms with Crippen molar-refractivity contribution in [3.8, 4) is 0 Å². The van der Waals surface area contributed by atoms with Gasteiger partial charge >= 0.3 is 0 Å². The summed E-state index contributed by atoms with van der Waals surface area (Å²) in [4.78, 5) is 23.4. The number of fused-ring (bicyclic) bond motifs is 1. The molecular weight excluding hydrogens is 283 g/mol. The van der Waals surface area contributed by atoms with E-state index < -0.39 is 0 Å². The molecule has 6 heteroatoms. The normalized spacial score (nSPS) is 10.8. The average molecular weight is 298 g/mol. The molecule has 22 heavy (non-hydrogen) atoms. The predicted octanol–water partition coefficient (Wildman–Crippen LogP) is 2.98. The lowest BCUT2D eigenvalue weighted by atomic mass is 10.2. The van der Waals surface area contributed by atoms with Crippen LogP contribution in [0, 0.1) is 12.7 Å². The van der Waals surface area contributed by atoms with Crippen LogP contribution < -0.4 is 5.32 Å². The molecule has 1 amide bonds. The number of nitrogens with zero attached hydrogens (tertiary/aromatic N) is 2. The van der Waals surface area contributed by atoms with Crippen molar-refractivity contribution in [3.05, 3.63) is 53.9 Å². The second kappa shape index (κ2) is 5.93. The molecule has 0 atom stereocenters. The van der Waals surface area contributed by atoms with Gasteiger partial charge in [-0.15, -0.1) is 0 Å². The van der Waals surface area contributed by atoms with Gasteiger partial charge < -0.3 is 10.3 Å². The number of amides is 1. The number of hydrogen-bond donors (Lipinski definition) is 2. The molecule has 0 saturated carbocycles. The van der Waals surface area contributed by atoms with Gasteiger partial charge in [0.05, 0.1) is 17.2 Å². The number of halogens is 1. The molecule has 112 valence electrons. The summed E-state index contributed by atoms with van der Waals surface area (Å²) in [5.74, 6) is 0.220. The summed E-state index contributed by atoms with van der Waals surface area (Å²) < 4.78 is 13.4. The second-order valence-electron chi connectivity index (χ2n) is 5.09. The monoisotopic (exact) mass is 298 g/mol. The number of aromatic amines is 1. The Balaban J connectivity index is 1.60. The lowest BCUT2D eigenvalue weighted by Gasteiger charge is -2.05. The zero-order chi connectivity index (χ0) is 15.5. The van der Waals surface area contributed by atoms with Crippen molar-refractivity contribution >= 4 is 22.6 Å². The van der Waals surface area contributed by atoms with E-state index in [1.165, 1.54) is 6.07 Å². The van der Waals surface area contributed by atoms with Crippen LogP contribution in [-0.4, -0.2) is 20.9 Å². The number of H-pyrrole nitrogens is 1. The Morgan fingerprint density at radius 1 is 1.36 bits per heavy atom. The fourth-order valence-corrected chi connectivity index (χ4v) is 2.15. The van der Waals surface area contributed by atoms with Crippen LogP contribution in [0.25, 0.3) is 11.0 Å². The number of aromatic nitrogens is 3. The standard InChI is InChI=1S/C16H15FN4O/c1-10-2-3-11(8-12(10)17)19-16(22)5-4-15-20-13-6-7-18-9-14(13)21-15/h2-3,6-9H,4-5H2,1H3,(H,19,22)(H,20,21). The predicted molar refractivity (Wildman–Crippen MR) is 82.0 cm³/mol. The number of carbonyl (C=O) groups excluding carboxylic acids is 1. The van der Waals surface area contributed by atoms with Gasteiger partial charge in [0.25, 0.3) is 0 Å².